The van der Waals surface area contributed by atoms with Crippen molar-refractivity contribution in [2.75, 3.05) is 26.2 Å². The summed E-state index contributed by atoms with van der Waals surface area (Å²) in [5, 5.41) is 9.66. The first-order valence-corrected chi connectivity index (χ1v) is 11.3. The molecule has 31 heavy (non-hydrogen) atoms. The smallest absolute Gasteiger partial charge is 0.408 e. The summed E-state index contributed by atoms with van der Waals surface area (Å²) in [6.07, 6.45) is 1.83. The molecular weight excluding hydrogens is 392 g/mol. The molecular formula is C24H40N4O3. The van der Waals surface area contributed by atoms with Crippen LogP contribution in [0.3, 0.4) is 0 Å². The standard InChI is InChI=1S/C24H40N4O3/c1-7-25-21(27-17-24(5,6)28-22(29)31-23(2,3)4)26-16-19-14-11-15-30-20(19)18-12-9-8-10-13-18/h8-10,12-13,19-20H,7,11,14-17H2,1-6H3,(H,28,29)(H2,25,26,27). The van der Waals surface area contributed by atoms with Gasteiger partial charge in [-0.25, -0.2) is 4.79 Å². The van der Waals surface area contributed by atoms with Gasteiger partial charge in [0, 0.05) is 25.6 Å². The summed E-state index contributed by atoms with van der Waals surface area (Å²) in [6.45, 7) is 14.2. The van der Waals surface area contributed by atoms with Crippen LogP contribution in [0.1, 0.15) is 66.1 Å². The number of carbonyl (C=O) groups excluding carboxylic acids is 1. The van der Waals surface area contributed by atoms with Crippen LogP contribution >= 0.6 is 0 Å². The van der Waals surface area contributed by atoms with Crippen molar-refractivity contribution in [3.05, 3.63) is 35.9 Å². The lowest BCUT2D eigenvalue weighted by Crippen LogP contribution is -2.49. The Kier molecular flexibility index (Phi) is 9.16. The van der Waals surface area contributed by atoms with Crippen molar-refractivity contribution in [3.63, 3.8) is 0 Å². The van der Waals surface area contributed by atoms with Gasteiger partial charge in [-0.2, -0.15) is 0 Å². The van der Waals surface area contributed by atoms with Gasteiger partial charge < -0.3 is 25.4 Å². The molecule has 1 aliphatic rings. The zero-order valence-corrected chi connectivity index (χ0v) is 20.0. The molecule has 0 bridgehead atoms. The van der Waals surface area contributed by atoms with E-state index >= 15 is 0 Å². The highest BCUT2D eigenvalue weighted by Gasteiger charge is 2.28. The van der Waals surface area contributed by atoms with Gasteiger partial charge in [0.25, 0.3) is 0 Å². The van der Waals surface area contributed by atoms with E-state index in [9.17, 15) is 4.79 Å². The number of aliphatic imine (C=N–C) groups is 1. The van der Waals surface area contributed by atoms with Crippen molar-refractivity contribution >= 4 is 12.1 Å². The van der Waals surface area contributed by atoms with Gasteiger partial charge in [0.05, 0.1) is 18.2 Å². The zero-order chi connectivity index (χ0) is 22.9. The first-order valence-electron chi connectivity index (χ1n) is 11.3. The van der Waals surface area contributed by atoms with Crippen molar-refractivity contribution in [2.24, 2.45) is 10.9 Å². The number of benzene rings is 1. The average molecular weight is 433 g/mol. The molecule has 1 heterocycles. The maximum atomic E-state index is 12.1. The molecule has 2 unspecified atom stereocenters. The van der Waals surface area contributed by atoms with Crippen LogP contribution in [0, 0.1) is 5.92 Å². The van der Waals surface area contributed by atoms with Crippen molar-refractivity contribution < 1.29 is 14.3 Å². The molecule has 174 valence electrons. The van der Waals surface area contributed by atoms with Crippen molar-refractivity contribution in [1.29, 1.82) is 0 Å². The number of amides is 1. The van der Waals surface area contributed by atoms with Crippen LogP contribution < -0.4 is 16.0 Å². The molecule has 1 fully saturated rings. The quantitative estimate of drug-likeness (QED) is 0.448. The Morgan fingerprint density at radius 1 is 1.16 bits per heavy atom. The highest BCUT2D eigenvalue weighted by Crippen LogP contribution is 2.33. The highest BCUT2D eigenvalue weighted by atomic mass is 16.6. The normalized spacial score (nSPS) is 20.1. The molecule has 1 aliphatic heterocycles. The number of carbonyl (C=O) groups is 1. The minimum Gasteiger partial charge on any atom is -0.444 e. The fourth-order valence-electron chi connectivity index (χ4n) is 3.53. The van der Waals surface area contributed by atoms with Gasteiger partial charge in [-0.05, 0) is 59.9 Å². The molecule has 1 amide bonds. The van der Waals surface area contributed by atoms with Crippen LogP contribution in [0.5, 0.6) is 0 Å². The molecule has 7 nitrogen and oxygen atoms in total. The van der Waals surface area contributed by atoms with Crippen molar-refractivity contribution in [3.8, 4) is 0 Å². The predicted octanol–water partition coefficient (Wildman–Crippen LogP) is 4.01. The summed E-state index contributed by atoms with van der Waals surface area (Å²) >= 11 is 0. The Morgan fingerprint density at radius 2 is 1.87 bits per heavy atom. The number of alkyl carbamates (subject to hydrolysis) is 1. The number of hydrogen-bond donors (Lipinski definition) is 3. The number of nitrogens with zero attached hydrogens (tertiary/aromatic N) is 1. The molecule has 0 saturated carbocycles. The first kappa shape index (κ1) is 25.0. The summed E-state index contributed by atoms with van der Waals surface area (Å²) in [5.41, 5.74) is 0.154. The van der Waals surface area contributed by atoms with Gasteiger partial charge in [-0.1, -0.05) is 30.3 Å². The summed E-state index contributed by atoms with van der Waals surface area (Å²) < 4.78 is 11.5. The molecule has 2 atom stereocenters. The molecule has 1 aromatic rings. The lowest BCUT2D eigenvalue weighted by Gasteiger charge is -2.33. The fraction of sp³-hybridized carbons (Fsp3) is 0.667. The Hall–Kier alpha value is -2.28. The topological polar surface area (TPSA) is 84.0 Å². The minimum atomic E-state index is -0.536. The summed E-state index contributed by atoms with van der Waals surface area (Å²) in [5.74, 6) is 1.10. The van der Waals surface area contributed by atoms with Gasteiger partial charge in [-0.3, -0.25) is 4.99 Å². The summed E-state index contributed by atoms with van der Waals surface area (Å²) in [7, 11) is 0. The van der Waals surface area contributed by atoms with E-state index in [1.54, 1.807) is 0 Å². The van der Waals surface area contributed by atoms with Crippen LogP contribution in [0.2, 0.25) is 0 Å². The number of ether oxygens (including phenoxy) is 2. The van der Waals surface area contributed by atoms with Crippen LogP contribution in [0.25, 0.3) is 0 Å². The predicted molar refractivity (Wildman–Crippen MR) is 125 cm³/mol. The molecule has 0 radical (unpaired) electrons. The maximum Gasteiger partial charge on any atom is 0.408 e. The number of hydrogen-bond acceptors (Lipinski definition) is 4. The third-order valence-corrected chi connectivity index (χ3v) is 4.92. The fourth-order valence-corrected chi connectivity index (χ4v) is 3.53. The van der Waals surface area contributed by atoms with Crippen molar-refractivity contribution in [1.82, 2.24) is 16.0 Å². The molecule has 7 heteroatoms. The van der Waals surface area contributed by atoms with E-state index < -0.39 is 17.2 Å². The Balaban J connectivity index is 1.96. The zero-order valence-electron chi connectivity index (χ0n) is 20.0. The highest BCUT2D eigenvalue weighted by molar-refractivity contribution is 5.79. The van der Waals surface area contributed by atoms with E-state index in [0.717, 1.165) is 38.5 Å². The average Bonchev–Trinajstić information content (AvgIpc) is 2.69. The van der Waals surface area contributed by atoms with E-state index in [1.165, 1.54) is 5.56 Å². The lowest BCUT2D eigenvalue weighted by molar-refractivity contribution is -0.0265. The van der Waals surface area contributed by atoms with Crippen LogP contribution in [0.4, 0.5) is 4.79 Å². The van der Waals surface area contributed by atoms with Gasteiger partial charge in [-0.15, -0.1) is 0 Å². The second-order valence-corrected chi connectivity index (χ2v) is 9.69. The Bertz CT molecular complexity index is 713. The molecule has 0 spiro atoms. The van der Waals surface area contributed by atoms with Crippen LogP contribution in [0.15, 0.2) is 35.3 Å². The summed E-state index contributed by atoms with van der Waals surface area (Å²) in [4.78, 5) is 16.8. The molecule has 0 aliphatic carbocycles. The second-order valence-electron chi connectivity index (χ2n) is 9.69. The molecule has 3 N–H and O–H groups in total. The summed E-state index contributed by atoms with van der Waals surface area (Å²) in [6, 6.07) is 10.4. The largest absolute Gasteiger partial charge is 0.444 e. The lowest BCUT2D eigenvalue weighted by atomic mass is 9.89. The Morgan fingerprint density at radius 3 is 2.52 bits per heavy atom. The van der Waals surface area contributed by atoms with Crippen LogP contribution in [-0.4, -0.2) is 49.4 Å². The van der Waals surface area contributed by atoms with Gasteiger partial charge in [0.15, 0.2) is 5.96 Å². The second kappa shape index (κ2) is 11.4. The van der Waals surface area contributed by atoms with Gasteiger partial charge in [0.1, 0.15) is 5.60 Å². The van der Waals surface area contributed by atoms with Crippen LogP contribution in [-0.2, 0) is 9.47 Å². The van der Waals surface area contributed by atoms with E-state index in [4.69, 9.17) is 14.5 Å². The first-order chi connectivity index (χ1) is 14.6. The van der Waals surface area contributed by atoms with Gasteiger partial charge in [0.2, 0.25) is 0 Å². The SMILES string of the molecule is CCNC(=NCC(C)(C)NC(=O)OC(C)(C)C)NCC1CCCOC1c1ccccc1. The number of nitrogens with one attached hydrogen (secondary N) is 3. The molecule has 1 aromatic carbocycles. The molecule has 0 aromatic heterocycles. The monoisotopic (exact) mass is 432 g/mol. The number of guanidine groups is 1. The Labute approximate surface area is 187 Å². The number of rotatable bonds is 7. The van der Waals surface area contributed by atoms with E-state index in [1.807, 2.05) is 47.6 Å². The van der Waals surface area contributed by atoms with E-state index in [-0.39, 0.29) is 6.10 Å². The maximum absolute atomic E-state index is 12.1. The molecule has 1 saturated heterocycles. The van der Waals surface area contributed by atoms with Gasteiger partial charge >= 0.3 is 6.09 Å². The third-order valence-electron chi connectivity index (χ3n) is 4.92. The van der Waals surface area contributed by atoms with E-state index in [0.29, 0.717) is 12.5 Å². The van der Waals surface area contributed by atoms with E-state index in [2.05, 4.69) is 40.2 Å². The molecule has 2 rings (SSSR count). The third kappa shape index (κ3) is 9.17. The minimum absolute atomic E-state index is 0.0932. The van der Waals surface area contributed by atoms with Crippen molar-refractivity contribution in [2.45, 2.75) is 71.6 Å².